The lowest BCUT2D eigenvalue weighted by atomic mass is 9.92. The van der Waals surface area contributed by atoms with Gasteiger partial charge in [0.2, 0.25) is 0 Å². The van der Waals surface area contributed by atoms with Gasteiger partial charge in [-0.25, -0.2) is 0 Å². The number of carbonyl (C=O) groups is 2. The minimum Gasteiger partial charge on any atom is -0.322 e. The van der Waals surface area contributed by atoms with Gasteiger partial charge < -0.3 is 5.32 Å². The Morgan fingerprint density at radius 3 is 2.74 bits per heavy atom. The average molecular weight is 450 g/mol. The van der Waals surface area contributed by atoms with Crippen LogP contribution in [0.4, 0.5) is 5.69 Å². The van der Waals surface area contributed by atoms with Crippen molar-refractivity contribution in [2.75, 3.05) is 18.4 Å². The molecule has 0 aromatic heterocycles. The minimum atomic E-state index is -0.195. The van der Waals surface area contributed by atoms with Crippen LogP contribution in [0.5, 0.6) is 0 Å². The first-order valence-corrected chi connectivity index (χ1v) is 9.81. The molecule has 0 spiro atoms. The van der Waals surface area contributed by atoms with Crippen molar-refractivity contribution in [3.05, 3.63) is 63.1 Å². The number of amides is 1. The molecule has 6 heteroatoms. The zero-order valence-corrected chi connectivity index (χ0v) is 17.5. The fraction of sp³-hybridized carbons (Fsp3) is 0.333. The van der Waals surface area contributed by atoms with E-state index in [-0.39, 0.29) is 24.1 Å². The van der Waals surface area contributed by atoms with Crippen molar-refractivity contribution < 1.29 is 9.59 Å². The first-order valence-electron chi connectivity index (χ1n) is 9.01. The SMILES string of the molecule is CC(=O)c1cc(C(=O)Nc2ccc3c(c2)C2CCCN2CC3)ccc1Br.Cl. The van der Waals surface area contributed by atoms with E-state index in [9.17, 15) is 9.59 Å². The normalized spacial score (nSPS) is 18.2. The van der Waals surface area contributed by atoms with Gasteiger partial charge in [-0.3, -0.25) is 14.5 Å². The van der Waals surface area contributed by atoms with Crippen LogP contribution in [0.2, 0.25) is 0 Å². The van der Waals surface area contributed by atoms with E-state index in [1.807, 2.05) is 6.07 Å². The molecule has 1 unspecified atom stereocenters. The van der Waals surface area contributed by atoms with Crippen LogP contribution in [-0.4, -0.2) is 29.7 Å². The molecule has 2 heterocycles. The fourth-order valence-corrected chi connectivity index (χ4v) is 4.59. The maximum Gasteiger partial charge on any atom is 0.255 e. The number of nitrogens with one attached hydrogen (secondary N) is 1. The van der Waals surface area contributed by atoms with Crippen molar-refractivity contribution in [2.24, 2.45) is 0 Å². The van der Waals surface area contributed by atoms with Crippen LogP contribution < -0.4 is 5.32 Å². The molecule has 4 rings (SSSR count). The van der Waals surface area contributed by atoms with Gasteiger partial charge in [0.1, 0.15) is 0 Å². The van der Waals surface area contributed by atoms with Crippen LogP contribution in [-0.2, 0) is 6.42 Å². The number of fused-ring (bicyclic) bond motifs is 3. The van der Waals surface area contributed by atoms with Crippen LogP contribution in [0.15, 0.2) is 40.9 Å². The standard InChI is InChI=1S/C21H21BrN2O2.ClH/c1-13(25)17-11-15(5-7-19(17)22)21(26)23-16-6-4-14-8-10-24-9-2-3-20(24)18(14)12-16;/h4-7,11-12,20H,2-3,8-10H2,1H3,(H,23,26);1H. The molecule has 2 aromatic carbocycles. The number of Topliss-reactive ketones (excluding diaryl/α,β-unsaturated/α-hetero) is 1. The summed E-state index contributed by atoms with van der Waals surface area (Å²) in [6.07, 6.45) is 3.52. The van der Waals surface area contributed by atoms with Crippen molar-refractivity contribution >= 4 is 45.7 Å². The first kappa shape index (κ1) is 20.1. The number of anilines is 1. The Labute approximate surface area is 173 Å². The molecule has 2 aliphatic rings. The van der Waals surface area contributed by atoms with Gasteiger partial charge >= 0.3 is 0 Å². The summed E-state index contributed by atoms with van der Waals surface area (Å²) in [5.41, 5.74) is 4.57. The second-order valence-electron chi connectivity index (χ2n) is 7.06. The van der Waals surface area contributed by atoms with Crippen molar-refractivity contribution in [3.8, 4) is 0 Å². The van der Waals surface area contributed by atoms with Gasteiger partial charge in [-0.15, -0.1) is 12.4 Å². The van der Waals surface area contributed by atoms with Crippen molar-refractivity contribution in [2.45, 2.75) is 32.2 Å². The molecule has 4 nitrogen and oxygen atoms in total. The molecule has 1 N–H and O–H groups in total. The molecule has 0 saturated carbocycles. The van der Waals surface area contributed by atoms with Crippen LogP contribution in [0.3, 0.4) is 0 Å². The molecule has 1 atom stereocenters. The minimum absolute atomic E-state index is 0. The Morgan fingerprint density at radius 2 is 1.96 bits per heavy atom. The van der Waals surface area contributed by atoms with E-state index in [0.29, 0.717) is 21.6 Å². The summed E-state index contributed by atoms with van der Waals surface area (Å²) in [7, 11) is 0. The van der Waals surface area contributed by atoms with E-state index in [2.05, 4.69) is 38.3 Å². The van der Waals surface area contributed by atoms with E-state index < -0.39 is 0 Å². The lowest BCUT2D eigenvalue weighted by Gasteiger charge is -2.32. The molecule has 0 bridgehead atoms. The third kappa shape index (κ3) is 3.96. The number of nitrogens with zero attached hydrogens (tertiary/aromatic N) is 1. The molecule has 1 amide bonds. The monoisotopic (exact) mass is 448 g/mol. The van der Waals surface area contributed by atoms with E-state index >= 15 is 0 Å². The van der Waals surface area contributed by atoms with Gasteiger partial charge in [0.15, 0.2) is 5.78 Å². The quantitative estimate of drug-likeness (QED) is 0.669. The maximum absolute atomic E-state index is 12.6. The van der Waals surface area contributed by atoms with Crippen LogP contribution in [0.1, 0.15) is 57.7 Å². The smallest absolute Gasteiger partial charge is 0.255 e. The highest BCUT2D eigenvalue weighted by molar-refractivity contribution is 9.10. The number of hydrogen-bond acceptors (Lipinski definition) is 3. The number of benzene rings is 2. The largest absolute Gasteiger partial charge is 0.322 e. The van der Waals surface area contributed by atoms with Gasteiger partial charge in [-0.1, -0.05) is 22.0 Å². The third-order valence-electron chi connectivity index (χ3n) is 5.40. The Bertz CT molecular complexity index is 900. The number of rotatable bonds is 3. The third-order valence-corrected chi connectivity index (χ3v) is 6.09. The summed E-state index contributed by atoms with van der Waals surface area (Å²) >= 11 is 3.36. The van der Waals surface area contributed by atoms with E-state index in [1.165, 1.54) is 37.4 Å². The predicted octanol–water partition coefficient (Wildman–Crippen LogP) is 5.02. The molecule has 0 aliphatic carbocycles. The Hall–Kier alpha value is -1.69. The molecule has 27 heavy (non-hydrogen) atoms. The highest BCUT2D eigenvalue weighted by Gasteiger charge is 2.31. The molecule has 2 aliphatic heterocycles. The molecule has 2 aromatic rings. The summed E-state index contributed by atoms with van der Waals surface area (Å²) in [6, 6.07) is 11.8. The molecule has 0 radical (unpaired) electrons. The molecule has 142 valence electrons. The van der Waals surface area contributed by atoms with Crippen LogP contribution >= 0.6 is 28.3 Å². The zero-order chi connectivity index (χ0) is 18.3. The number of ketones is 1. The van der Waals surface area contributed by atoms with Gasteiger partial charge in [0.05, 0.1) is 0 Å². The summed E-state index contributed by atoms with van der Waals surface area (Å²) < 4.78 is 0.705. The second-order valence-corrected chi connectivity index (χ2v) is 7.92. The Morgan fingerprint density at radius 1 is 1.15 bits per heavy atom. The highest BCUT2D eigenvalue weighted by Crippen LogP contribution is 2.38. The van der Waals surface area contributed by atoms with Gasteiger partial charge in [0, 0.05) is 33.9 Å². The molecule has 1 saturated heterocycles. The van der Waals surface area contributed by atoms with Crippen LogP contribution in [0, 0.1) is 0 Å². The molecule has 1 fully saturated rings. The van der Waals surface area contributed by atoms with E-state index in [1.54, 1.807) is 18.2 Å². The van der Waals surface area contributed by atoms with Crippen molar-refractivity contribution in [1.29, 1.82) is 0 Å². The lowest BCUT2D eigenvalue weighted by molar-refractivity contribution is 0.101. The zero-order valence-electron chi connectivity index (χ0n) is 15.1. The highest BCUT2D eigenvalue weighted by atomic mass is 79.9. The second kappa shape index (κ2) is 8.13. The van der Waals surface area contributed by atoms with Gasteiger partial charge in [-0.2, -0.15) is 0 Å². The summed E-state index contributed by atoms with van der Waals surface area (Å²) in [6.45, 7) is 3.81. The van der Waals surface area contributed by atoms with Crippen LogP contribution in [0.25, 0.3) is 0 Å². The Kier molecular flexibility index (Phi) is 6.04. The average Bonchev–Trinajstić information content (AvgIpc) is 3.11. The van der Waals surface area contributed by atoms with Crippen molar-refractivity contribution in [3.63, 3.8) is 0 Å². The van der Waals surface area contributed by atoms with E-state index in [4.69, 9.17) is 0 Å². The topological polar surface area (TPSA) is 49.4 Å². The maximum atomic E-state index is 12.6. The summed E-state index contributed by atoms with van der Waals surface area (Å²) in [4.78, 5) is 26.9. The summed E-state index contributed by atoms with van der Waals surface area (Å²) in [5.74, 6) is -0.263. The first-order chi connectivity index (χ1) is 12.5. The van der Waals surface area contributed by atoms with Crippen molar-refractivity contribution in [1.82, 2.24) is 4.90 Å². The number of halogens is 2. The molecular formula is C21H22BrClN2O2. The lowest BCUT2D eigenvalue weighted by Crippen LogP contribution is -2.31. The number of hydrogen-bond donors (Lipinski definition) is 1. The fourth-order valence-electron chi connectivity index (χ4n) is 4.06. The van der Waals surface area contributed by atoms with Gasteiger partial charge in [-0.05, 0) is 74.2 Å². The van der Waals surface area contributed by atoms with Gasteiger partial charge in [0.25, 0.3) is 5.91 Å². The Balaban J connectivity index is 0.00000210. The summed E-state index contributed by atoms with van der Waals surface area (Å²) in [5, 5.41) is 2.99. The number of carbonyl (C=O) groups excluding carboxylic acids is 2. The molecular weight excluding hydrogens is 428 g/mol. The van der Waals surface area contributed by atoms with E-state index in [0.717, 1.165) is 18.7 Å². The predicted molar refractivity (Wildman–Crippen MR) is 113 cm³/mol.